The van der Waals surface area contributed by atoms with Crippen molar-refractivity contribution in [1.29, 1.82) is 0 Å². The lowest BCUT2D eigenvalue weighted by molar-refractivity contribution is -0.114. The Balaban J connectivity index is 1.42. The number of hydrogen-bond acceptors (Lipinski definition) is 7. The Hall–Kier alpha value is -3.46. The lowest BCUT2D eigenvalue weighted by Gasteiger charge is -2.26. The van der Waals surface area contributed by atoms with Crippen molar-refractivity contribution in [3.05, 3.63) is 41.5 Å². The molecule has 0 bridgehead atoms. The first-order valence-corrected chi connectivity index (χ1v) is 10.4. The number of hydrogen-bond donors (Lipinski definition) is 3. The number of Topliss-reactive ketones (excluding diaryl/α,β-unsaturated/α-hetero) is 1. The molecule has 1 fully saturated rings. The van der Waals surface area contributed by atoms with Gasteiger partial charge in [0.15, 0.2) is 5.65 Å². The SMILES string of the molecule is Cc1cc(Nc2nc3cccc(NC4CCC(O)CC4)n3n2)cc2c1C(=O)C(=O)N2C. The van der Waals surface area contributed by atoms with Crippen molar-refractivity contribution in [1.82, 2.24) is 14.6 Å². The molecule has 3 N–H and O–H groups in total. The van der Waals surface area contributed by atoms with Gasteiger partial charge in [-0.3, -0.25) is 9.59 Å². The summed E-state index contributed by atoms with van der Waals surface area (Å²) in [5.74, 6) is 0.275. The molecule has 0 unspecified atom stereocenters. The van der Waals surface area contributed by atoms with Gasteiger partial charge in [0.25, 0.3) is 11.7 Å². The van der Waals surface area contributed by atoms with Gasteiger partial charge in [-0.05, 0) is 62.4 Å². The molecule has 1 aliphatic heterocycles. The molecule has 1 amide bonds. The second-order valence-corrected chi connectivity index (χ2v) is 8.27. The van der Waals surface area contributed by atoms with E-state index in [1.165, 1.54) is 4.90 Å². The number of pyridine rings is 1. The molecule has 31 heavy (non-hydrogen) atoms. The third-order valence-corrected chi connectivity index (χ3v) is 6.07. The van der Waals surface area contributed by atoms with Crippen LogP contribution in [0.5, 0.6) is 0 Å². The number of nitrogens with zero attached hydrogens (tertiary/aromatic N) is 4. The van der Waals surface area contributed by atoms with Gasteiger partial charge in [-0.15, -0.1) is 5.10 Å². The number of aliphatic hydroxyl groups excluding tert-OH is 1. The molecule has 9 heteroatoms. The highest BCUT2D eigenvalue weighted by atomic mass is 16.3. The summed E-state index contributed by atoms with van der Waals surface area (Å²) in [5.41, 5.74) is 3.17. The minimum atomic E-state index is -0.521. The van der Waals surface area contributed by atoms with Gasteiger partial charge in [0.2, 0.25) is 5.95 Å². The molecular weight excluding hydrogens is 396 g/mol. The van der Waals surface area contributed by atoms with Crippen molar-refractivity contribution >= 4 is 40.5 Å². The summed E-state index contributed by atoms with van der Waals surface area (Å²) in [5, 5.41) is 21.0. The summed E-state index contributed by atoms with van der Waals surface area (Å²) in [7, 11) is 1.60. The Kier molecular flexibility index (Phi) is 4.62. The van der Waals surface area contributed by atoms with E-state index in [1.807, 2.05) is 31.2 Å². The second kappa shape index (κ2) is 7.35. The van der Waals surface area contributed by atoms with E-state index in [-0.39, 0.29) is 6.10 Å². The van der Waals surface area contributed by atoms with Crippen molar-refractivity contribution in [3.8, 4) is 0 Å². The maximum absolute atomic E-state index is 12.2. The van der Waals surface area contributed by atoms with Crippen molar-refractivity contribution in [3.63, 3.8) is 0 Å². The average Bonchev–Trinajstić information content (AvgIpc) is 3.25. The van der Waals surface area contributed by atoms with Gasteiger partial charge in [-0.1, -0.05) is 6.07 Å². The quantitative estimate of drug-likeness (QED) is 0.556. The van der Waals surface area contributed by atoms with Crippen LogP contribution in [0.2, 0.25) is 0 Å². The van der Waals surface area contributed by atoms with Crippen LogP contribution < -0.4 is 15.5 Å². The summed E-state index contributed by atoms with van der Waals surface area (Å²) in [6.07, 6.45) is 3.23. The molecular formula is C22H24N6O3. The number of likely N-dealkylation sites (N-methyl/N-ethyl adjacent to an activating group) is 1. The Morgan fingerprint density at radius 3 is 2.68 bits per heavy atom. The number of fused-ring (bicyclic) bond motifs is 2. The summed E-state index contributed by atoms with van der Waals surface area (Å²) in [6, 6.07) is 9.65. The van der Waals surface area contributed by atoms with E-state index < -0.39 is 11.7 Å². The molecule has 0 atom stereocenters. The van der Waals surface area contributed by atoms with Crippen LogP contribution in [-0.2, 0) is 4.79 Å². The number of ketones is 1. The molecule has 2 aliphatic rings. The molecule has 1 aromatic carbocycles. The van der Waals surface area contributed by atoms with E-state index in [2.05, 4.69) is 20.7 Å². The fourth-order valence-electron chi connectivity index (χ4n) is 4.40. The molecule has 1 saturated carbocycles. The van der Waals surface area contributed by atoms with Crippen LogP contribution in [0, 0.1) is 6.92 Å². The molecule has 0 spiro atoms. The van der Waals surface area contributed by atoms with Crippen LogP contribution in [0.25, 0.3) is 5.65 Å². The molecule has 0 radical (unpaired) electrons. The number of benzene rings is 1. The lowest BCUT2D eigenvalue weighted by atomic mass is 9.93. The molecule has 3 aromatic rings. The number of carbonyl (C=O) groups is 2. The zero-order valence-corrected chi connectivity index (χ0v) is 17.4. The molecule has 5 rings (SSSR count). The van der Waals surface area contributed by atoms with Crippen molar-refractivity contribution in [2.75, 3.05) is 22.6 Å². The number of nitrogens with one attached hydrogen (secondary N) is 2. The van der Waals surface area contributed by atoms with Crippen molar-refractivity contribution < 1.29 is 14.7 Å². The monoisotopic (exact) mass is 420 g/mol. The van der Waals surface area contributed by atoms with Crippen LogP contribution in [0.3, 0.4) is 0 Å². The third-order valence-electron chi connectivity index (χ3n) is 6.07. The van der Waals surface area contributed by atoms with Gasteiger partial charge < -0.3 is 20.6 Å². The van der Waals surface area contributed by atoms with Crippen LogP contribution in [0.4, 0.5) is 23.1 Å². The average molecular weight is 420 g/mol. The Morgan fingerprint density at radius 2 is 1.90 bits per heavy atom. The molecule has 0 saturated heterocycles. The van der Waals surface area contributed by atoms with Crippen LogP contribution >= 0.6 is 0 Å². The number of carbonyl (C=O) groups excluding carboxylic acids is 2. The first kappa shape index (κ1) is 19.5. The van der Waals surface area contributed by atoms with Gasteiger partial charge in [-0.2, -0.15) is 9.50 Å². The maximum Gasteiger partial charge on any atom is 0.299 e. The number of aryl methyl sites for hydroxylation is 1. The summed E-state index contributed by atoms with van der Waals surface area (Å²) in [4.78, 5) is 30.1. The minimum Gasteiger partial charge on any atom is -0.393 e. The summed E-state index contributed by atoms with van der Waals surface area (Å²) in [6.45, 7) is 1.81. The predicted octanol–water partition coefficient (Wildman–Crippen LogP) is 2.66. The lowest BCUT2D eigenvalue weighted by Crippen LogP contribution is -2.29. The number of amides is 1. The summed E-state index contributed by atoms with van der Waals surface area (Å²) < 4.78 is 1.76. The van der Waals surface area contributed by atoms with Crippen molar-refractivity contribution in [2.24, 2.45) is 0 Å². The first-order valence-electron chi connectivity index (χ1n) is 10.4. The molecule has 160 valence electrons. The Labute approximate surface area is 179 Å². The van der Waals surface area contributed by atoms with Crippen LogP contribution in [-0.4, -0.2) is 50.6 Å². The third kappa shape index (κ3) is 3.40. The highest BCUT2D eigenvalue weighted by Gasteiger charge is 2.35. The highest BCUT2D eigenvalue weighted by Crippen LogP contribution is 2.34. The normalized spacial score (nSPS) is 20.9. The topological polar surface area (TPSA) is 112 Å². The molecule has 9 nitrogen and oxygen atoms in total. The fraction of sp³-hybridized carbons (Fsp3) is 0.364. The molecule has 3 heterocycles. The maximum atomic E-state index is 12.2. The number of anilines is 4. The van der Waals surface area contributed by atoms with E-state index in [0.717, 1.165) is 37.1 Å². The van der Waals surface area contributed by atoms with E-state index in [0.29, 0.717) is 34.6 Å². The van der Waals surface area contributed by atoms with E-state index in [4.69, 9.17) is 0 Å². The van der Waals surface area contributed by atoms with Gasteiger partial charge in [0.05, 0.1) is 17.4 Å². The standard InChI is InChI=1S/C22H24N6O3/c1-12-10-14(11-16-19(12)20(30)21(31)27(16)2)24-22-25-18-5-3-4-17(28(18)26-22)23-13-6-8-15(29)9-7-13/h3-5,10-11,13,15,23,29H,6-9H2,1-2H3,(H,24,26). The largest absolute Gasteiger partial charge is 0.393 e. The fourth-order valence-corrected chi connectivity index (χ4v) is 4.40. The van der Waals surface area contributed by atoms with E-state index in [9.17, 15) is 14.7 Å². The highest BCUT2D eigenvalue weighted by molar-refractivity contribution is 6.52. The van der Waals surface area contributed by atoms with Gasteiger partial charge in [0, 0.05) is 18.8 Å². The Morgan fingerprint density at radius 1 is 1.13 bits per heavy atom. The minimum absolute atomic E-state index is 0.198. The number of aliphatic hydroxyl groups is 1. The Bertz CT molecular complexity index is 1200. The molecule has 2 aromatic heterocycles. The van der Waals surface area contributed by atoms with Gasteiger partial charge >= 0.3 is 0 Å². The predicted molar refractivity (Wildman–Crippen MR) is 117 cm³/mol. The smallest absolute Gasteiger partial charge is 0.299 e. The molecule has 1 aliphatic carbocycles. The zero-order chi connectivity index (χ0) is 21.7. The number of rotatable bonds is 4. The zero-order valence-electron chi connectivity index (χ0n) is 17.4. The van der Waals surface area contributed by atoms with E-state index in [1.54, 1.807) is 17.6 Å². The van der Waals surface area contributed by atoms with Gasteiger partial charge in [0.1, 0.15) is 5.82 Å². The van der Waals surface area contributed by atoms with Crippen LogP contribution in [0.1, 0.15) is 41.6 Å². The van der Waals surface area contributed by atoms with Crippen molar-refractivity contribution in [2.45, 2.75) is 44.8 Å². The van der Waals surface area contributed by atoms with E-state index >= 15 is 0 Å². The van der Waals surface area contributed by atoms with Crippen LogP contribution in [0.15, 0.2) is 30.3 Å². The first-order chi connectivity index (χ1) is 14.9. The second-order valence-electron chi connectivity index (χ2n) is 8.27. The number of aromatic nitrogens is 3. The summed E-state index contributed by atoms with van der Waals surface area (Å²) >= 11 is 0. The van der Waals surface area contributed by atoms with Gasteiger partial charge in [-0.25, -0.2) is 0 Å².